The third-order valence-corrected chi connectivity index (χ3v) is 4.72. The number of phenols is 1. The van der Waals surface area contributed by atoms with E-state index >= 15 is 0 Å². The molecule has 0 bridgehead atoms. The predicted molar refractivity (Wildman–Crippen MR) is 120 cm³/mol. The second-order valence-electron chi connectivity index (χ2n) is 8.57. The Kier molecular flexibility index (Phi) is 7.86. The van der Waals surface area contributed by atoms with Gasteiger partial charge in [-0.1, -0.05) is 26.8 Å². The first-order valence-corrected chi connectivity index (χ1v) is 10.1. The highest BCUT2D eigenvalue weighted by molar-refractivity contribution is 5.99. The highest BCUT2D eigenvalue weighted by Gasteiger charge is 2.21. The Labute approximate surface area is 183 Å². The number of carbonyl (C=O) groups excluding carboxylic acids is 1. The van der Waals surface area contributed by atoms with Crippen molar-refractivity contribution in [1.29, 1.82) is 0 Å². The average Bonchev–Trinajstić information content (AvgIpc) is 2.67. The largest absolute Gasteiger partial charge is 0.507 e. The van der Waals surface area contributed by atoms with Gasteiger partial charge in [0.05, 0.1) is 11.1 Å². The summed E-state index contributed by atoms with van der Waals surface area (Å²) in [7, 11) is 0. The fraction of sp³-hybridized carbons (Fsp3) is 0.360. The Morgan fingerprint density at radius 3 is 2.03 bits per heavy atom. The number of hydrogen-bond donors (Lipinski definition) is 2. The van der Waals surface area contributed by atoms with Gasteiger partial charge in [-0.05, 0) is 55.7 Å². The van der Waals surface area contributed by atoms with Gasteiger partial charge in [0.25, 0.3) is 0 Å². The summed E-state index contributed by atoms with van der Waals surface area (Å²) in [6.07, 6.45) is 3.88. The molecule has 31 heavy (non-hydrogen) atoms. The standard InChI is InChI=1S/C25H30O6/c1-16-18(24(28)29)9-8-10-21(16)30-13-6-7-14-31-22-12-11-19(23(27)17(22)2)20(26)15-25(3,4)5/h6-12,27H,13-15H2,1-5H3,(H,28,29)/b7-6+. The predicted octanol–water partition coefficient (Wildman–Crippen LogP) is 5.34. The van der Waals surface area contributed by atoms with E-state index in [9.17, 15) is 14.7 Å². The van der Waals surface area contributed by atoms with Crippen molar-refractivity contribution in [3.05, 3.63) is 64.7 Å². The van der Waals surface area contributed by atoms with Crippen molar-refractivity contribution in [3.8, 4) is 17.2 Å². The molecule has 0 spiro atoms. The van der Waals surface area contributed by atoms with Gasteiger partial charge in [-0.15, -0.1) is 0 Å². The highest BCUT2D eigenvalue weighted by atomic mass is 16.5. The molecule has 0 radical (unpaired) electrons. The van der Waals surface area contributed by atoms with E-state index in [1.165, 1.54) is 6.07 Å². The van der Waals surface area contributed by atoms with E-state index in [-0.39, 0.29) is 35.7 Å². The second-order valence-corrected chi connectivity index (χ2v) is 8.57. The zero-order valence-electron chi connectivity index (χ0n) is 18.7. The number of carboxylic acid groups (broad SMARTS) is 1. The first-order chi connectivity index (χ1) is 14.5. The summed E-state index contributed by atoms with van der Waals surface area (Å²) >= 11 is 0. The zero-order chi connectivity index (χ0) is 23.2. The van der Waals surface area contributed by atoms with E-state index in [4.69, 9.17) is 14.6 Å². The minimum absolute atomic E-state index is 0.0483. The van der Waals surface area contributed by atoms with Crippen LogP contribution in [0.3, 0.4) is 0 Å². The lowest BCUT2D eigenvalue weighted by Crippen LogP contribution is -2.13. The van der Waals surface area contributed by atoms with Crippen LogP contribution in [0.5, 0.6) is 17.2 Å². The number of carbonyl (C=O) groups is 2. The summed E-state index contributed by atoms with van der Waals surface area (Å²) in [5, 5.41) is 19.6. The number of benzene rings is 2. The van der Waals surface area contributed by atoms with Crippen LogP contribution >= 0.6 is 0 Å². The maximum absolute atomic E-state index is 12.4. The molecule has 2 aromatic rings. The molecule has 0 heterocycles. The molecule has 6 heteroatoms. The number of carboxylic acids is 1. The van der Waals surface area contributed by atoms with Gasteiger partial charge in [0.15, 0.2) is 5.78 Å². The number of ketones is 1. The number of aromatic hydroxyl groups is 1. The SMILES string of the molecule is Cc1c(OC/C=C/COc2ccc(C(=O)CC(C)(C)C)c(O)c2C)cccc1C(=O)O. The van der Waals surface area contributed by atoms with Crippen LogP contribution in [0.15, 0.2) is 42.5 Å². The third kappa shape index (κ3) is 6.60. The van der Waals surface area contributed by atoms with Crippen LogP contribution in [0.2, 0.25) is 0 Å². The van der Waals surface area contributed by atoms with Gasteiger partial charge in [0, 0.05) is 17.5 Å². The van der Waals surface area contributed by atoms with Gasteiger partial charge in [-0.2, -0.15) is 0 Å². The molecule has 0 atom stereocenters. The Morgan fingerprint density at radius 2 is 1.48 bits per heavy atom. The van der Waals surface area contributed by atoms with Crippen molar-refractivity contribution in [2.75, 3.05) is 13.2 Å². The fourth-order valence-corrected chi connectivity index (χ4v) is 3.05. The van der Waals surface area contributed by atoms with E-state index in [0.717, 1.165) is 0 Å². The lowest BCUT2D eigenvalue weighted by molar-refractivity contribution is 0.0695. The van der Waals surface area contributed by atoms with Gasteiger partial charge < -0.3 is 19.7 Å². The number of Topliss-reactive ketones (excluding diaryl/α,β-unsaturated/α-hetero) is 1. The van der Waals surface area contributed by atoms with E-state index in [1.54, 1.807) is 50.3 Å². The molecule has 2 N–H and O–H groups in total. The molecule has 6 nitrogen and oxygen atoms in total. The van der Waals surface area contributed by atoms with Gasteiger partial charge in [0.1, 0.15) is 30.5 Å². The molecule has 0 saturated heterocycles. The summed E-state index contributed by atoms with van der Waals surface area (Å²) in [6, 6.07) is 8.19. The minimum Gasteiger partial charge on any atom is -0.507 e. The Bertz CT molecular complexity index is 982. The summed E-state index contributed by atoms with van der Waals surface area (Å²) in [5.41, 5.74) is 1.46. The molecule has 166 valence electrons. The van der Waals surface area contributed by atoms with Crippen LogP contribution in [0.25, 0.3) is 0 Å². The quantitative estimate of drug-likeness (QED) is 0.415. The second kappa shape index (κ2) is 10.2. The van der Waals surface area contributed by atoms with Gasteiger partial charge in [-0.3, -0.25) is 4.79 Å². The number of aromatic carboxylic acids is 1. The molecule has 0 aliphatic rings. The molecular weight excluding hydrogens is 396 g/mol. The Balaban J connectivity index is 1.92. The normalized spacial score (nSPS) is 11.5. The number of ether oxygens (including phenoxy) is 2. The van der Waals surface area contributed by atoms with Gasteiger partial charge >= 0.3 is 5.97 Å². The molecule has 2 rings (SSSR count). The number of phenolic OH excluding ortho intramolecular Hbond substituents is 1. The van der Waals surface area contributed by atoms with Crippen molar-refractivity contribution in [1.82, 2.24) is 0 Å². The van der Waals surface area contributed by atoms with Crippen LogP contribution in [-0.4, -0.2) is 35.2 Å². The Hall–Kier alpha value is -3.28. The molecule has 0 aliphatic heterocycles. The first kappa shape index (κ1) is 24.0. The van der Waals surface area contributed by atoms with Crippen molar-refractivity contribution in [3.63, 3.8) is 0 Å². The van der Waals surface area contributed by atoms with Gasteiger partial charge in [0.2, 0.25) is 0 Å². The monoisotopic (exact) mass is 426 g/mol. The van der Waals surface area contributed by atoms with Crippen molar-refractivity contribution in [2.24, 2.45) is 5.41 Å². The maximum Gasteiger partial charge on any atom is 0.336 e. The molecular formula is C25H30O6. The topological polar surface area (TPSA) is 93.1 Å². The van der Waals surface area contributed by atoms with Crippen molar-refractivity contribution < 1.29 is 29.3 Å². The maximum atomic E-state index is 12.4. The zero-order valence-corrected chi connectivity index (χ0v) is 18.7. The Morgan fingerprint density at radius 1 is 0.903 bits per heavy atom. The fourth-order valence-electron chi connectivity index (χ4n) is 3.05. The summed E-state index contributed by atoms with van der Waals surface area (Å²) in [6.45, 7) is 9.87. The van der Waals surface area contributed by atoms with Crippen molar-refractivity contribution in [2.45, 2.75) is 41.0 Å². The van der Waals surface area contributed by atoms with Gasteiger partial charge in [-0.25, -0.2) is 4.79 Å². The molecule has 0 saturated carbocycles. The van der Waals surface area contributed by atoms with Crippen LogP contribution in [0.1, 0.15) is 59.0 Å². The molecule has 0 amide bonds. The molecule has 0 aromatic heterocycles. The lowest BCUT2D eigenvalue weighted by Gasteiger charge is -2.18. The van der Waals surface area contributed by atoms with E-state index in [0.29, 0.717) is 34.6 Å². The molecule has 0 unspecified atom stereocenters. The summed E-state index contributed by atoms with van der Waals surface area (Å²) < 4.78 is 11.3. The van der Waals surface area contributed by atoms with Crippen LogP contribution in [0, 0.1) is 19.3 Å². The minimum atomic E-state index is -0.989. The molecule has 2 aromatic carbocycles. The van der Waals surface area contributed by atoms with Crippen LogP contribution in [0.4, 0.5) is 0 Å². The number of rotatable bonds is 9. The molecule has 0 fully saturated rings. The van der Waals surface area contributed by atoms with E-state index < -0.39 is 5.97 Å². The highest BCUT2D eigenvalue weighted by Crippen LogP contribution is 2.33. The smallest absolute Gasteiger partial charge is 0.336 e. The van der Waals surface area contributed by atoms with Crippen molar-refractivity contribution >= 4 is 11.8 Å². The third-order valence-electron chi connectivity index (χ3n) is 4.72. The lowest BCUT2D eigenvalue weighted by atomic mass is 9.87. The van der Waals surface area contributed by atoms with E-state index in [1.807, 2.05) is 20.8 Å². The first-order valence-electron chi connectivity index (χ1n) is 10.1. The summed E-state index contributed by atoms with van der Waals surface area (Å²) in [4.78, 5) is 23.6. The number of hydrogen-bond acceptors (Lipinski definition) is 5. The van der Waals surface area contributed by atoms with Crippen LogP contribution in [-0.2, 0) is 0 Å². The van der Waals surface area contributed by atoms with E-state index in [2.05, 4.69) is 0 Å². The summed E-state index contributed by atoms with van der Waals surface area (Å²) in [5.74, 6) is -0.120. The van der Waals surface area contributed by atoms with Crippen LogP contribution < -0.4 is 9.47 Å². The average molecular weight is 427 g/mol. The molecule has 0 aliphatic carbocycles.